The third-order valence-corrected chi connectivity index (χ3v) is 3.45. The van der Waals surface area contributed by atoms with Crippen molar-refractivity contribution in [2.75, 3.05) is 13.7 Å². The molecule has 2 aromatic rings. The summed E-state index contributed by atoms with van der Waals surface area (Å²) in [5.41, 5.74) is 1.80. The van der Waals surface area contributed by atoms with Gasteiger partial charge in [-0.1, -0.05) is 42.5 Å². The van der Waals surface area contributed by atoms with Crippen molar-refractivity contribution in [1.29, 1.82) is 0 Å². The second-order valence-electron chi connectivity index (χ2n) is 5.09. The molecule has 0 saturated carbocycles. The van der Waals surface area contributed by atoms with Gasteiger partial charge in [0.25, 0.3) is 0 Å². The van der Waals surface area contributed by atoms with Crippen LogP contribution in [0.4, 0.5) is 0 Å². The van der Waals surface area contributed by atoms with Gasteiger partial charge in [-0.25, -0.2) is 0 Å². The summed E-state index contributed by atoms with van der Waals surface area (Å²) in [5, 5.41) is 12.8. The van der Waals surface area contributed by atoms with Gasteiger partial charge >= 0.3 is 0 Å². The quantitative estimate of drug-likeness (QED) is 0.826. The summed E-state index contributed by atoms with van der Waals surface area (Å²) in [6.45, 7) is 0.449. The fraction of sp³-hybridized carbons (Fsp3) is 0.278. The van der Waals surface area contributed by atoms with Crippen LogP contribution in [0.15, 0.2) is 54.6 Å². The Morgan fingerprint density at radius 2 is 1.82 bits per heavy atom. The summed E-state index contributed by atoms with van der Waals surface area (Å²) in [7, 11) is 1.61. The van der Waals surface area contributed by atoms with E-state index in [2.05, 4.69) is 5.32 Å². The molecule has 0 aliphatic heterocycles. The minimum atomic E-state index is -0.553. The van der Waals surface area contributed by atoms with Crippen LogP contribution in [0.5, 0.6) is 5.75 Å². The maximum absolute atomic E-state index is 11.9. The maximum atomic E-state index is 11.9. The van der Waals surface area contributed by atoms with Crippen LogP contribution in [-0.4, -0.2) is 24.7 Å². The zero-order valence-corrected chi connectivity index (χ0v) is 12.7. The van der Waals surface area contributed by atoms with Gasteiger partial charge in [0.2, 0.25) is 5.91 Å². The molecule has 4 heteroatoms. The molecule has 4 nitrogen and oxygen atoms in total. The number of methoxy groups -OCH3 is 1. The lowest BCUT2D eigenvalue weighted by Crippen LogP contribution is -2.27. The van der Waals surface area contributed by atoms with E-state index >= 15 is 0 Å². The fourth-order valence-electron chi connectivity index (χ4n) is 2.18. The number of nitrogens with one attached hydrogen (secondary N) is 1. The number of benzene rings is 2. The highest BCUT2D eigenvalue weighted by atomic mass is 16.5. The minimum absolute atomic E-state index is 0.0505. The van der Waals surface area contributed by atoms with Crippen LogP contribution >= 0.6 is 0 Å². The van der Waals surface area contributed by atoms with Crippen LogP contribution in [-0.2, 0) is 11.2 Å². The SMILES string of the molecule is COc1ccc(CC(=O)NCCC(O)c2ccccc2)cc1. The lowest BCUT2D eigenvalue weighted by Gasteiger charge is -2.11. The predicted octanol–water partition coefficient (Wildman–Crippen LogP) is 2.48. The average molecular weight is 299 g/mol. The van der Waals surface area contributed by atoms with Crippen molar-refractivity contribution in [2.45, 2.75) is 18.9 Å². The molecule has 1 unspecified atom stereocenters. The summed E-state index contributed by atoms with van der Waals surface area (Å²) in [4.78, 5) is 11.9. The van der Waals surface area contributed by atoms with Crippen LogP contribution in [0, 0.1) is 0 Å². The van der Waals surface area contributed by atoms with E-state index in [0.717, 1.165) is 16.9 Å². The van der Waals surface area contributed by atoms with E-state index in [1.165, 1.54) is 0 Å². The van der Waals surface area contributed by atoms with Gasteiger partial charge in [-0.2, -0.15) is 0 Å². The van der Waals surface area contributed by atoms with Crippen molar-refractivity contribution >= 4 is 5.91 Å². The van der Waals surface area contributed by atoms with E-state index in [9.17, 15) is 9.90 Å². The van der Waals surface area contributed by atoms with Gasteiger partial charge in [0.05, 0.1) is 19.6 Å². The Hall–Kier alpha value is -2.33. The molecular formula is C18H21NO3. The first-order valence-electron chi connectivity index (χ1n) is 7.31. The summed E-state index contributed by atoms with van der Waals surface area (Å²) in [6.07, 6.45) is 0.270. The Kier molecular flexibility index (Phi) is 5.98. The molecule has 2 N–H and O–H groups in total. The monoisotopic (exact) mass is 299 g/mol. The number of amides is 1. The minimum Gasteiger partial charge on any atom is -0.497 e. The van der Waals surface area contributed by atoms with Gasteiger partial charge in [-0.15, -0.1) is 0 Å². The lowest BCUT2D eigenvalue weighted by molar-refractivity contribution is -0.120. The second kappa shape index (κ2) is 8.20. The Morgan fingerprint density at radius 1 is 1.14 bits per heavy atom. The first-order valence-corrected chi connectivity index (χ1v) is 7.31. The summed E-state index contributed by atoms with van der Waals surface area (Å²) in [6, 6.07) is 16.9. The molecule has 2 rings (SSSR count). The number of carbonyl (C=O) groups is 1. The van der Waals surface area contributed by atoms with Crippen LogP contribution in [0.1, 0.15) is 23.7 Å². The highest BCUT2D eigenvalue weighted by molar-refractivity contribution is 5.78. The van der Waals surface area contributed by atoms with Gasteiger partial charge in [-0.05, 0) is 29.7 Å². The topological polar surface area (TPSA) is 58.6 Å². The van der Waals surface area contributed by atoms with E-state index < -0.39 is 6.10 Å². The number of hydrogen-bond donors (Lipinski definition) is 2. The Balaban J connectivity index is 1.73. The Bertz CT molecular complexity index is 581. The van der Waals surface area contributed by atoms with Crippen LogP contribution in [0.25, 0.3) is 0 Å². The molecule has 0 bridgehead atoms. The molecule has 0 aromatic heterocycles. The predicted molar refractivity (Wildman–Crippen MR) is 85.7 cm³/mol. The van der Waals surface area contributed by atoms with Gasteiger partial charge < -0.3 is 15.2 Å². The van der Waals surface area contributed by atoms with Gasteiger partial charge in [-0.3, -0.25) is 4.79 Å². The van der Waals surface area contributed by atoms with Crippen LogP contribution in [0.3, 0.4) is 0 Å². The number of aliphatic hydroxyl groups excluding tert-OH is 1. The zero-order valence-electron chi connectivity index (χ0n) is 12.7. The maximum Gasteiger partial charge on any atom is 0.224 e. The standard InChI is InChI=1S/C18H21NO3/c1-22-16-9-7-14(8-10-16)13-18(21)19-12-11-17(20)15-5-3-2-4-6-15/h2-10,17,20H,11-13H2,1H3,(H,19,21). The van der Waals surface area contributed by atoms with Crippen molar-refractivity contribution in [3.05, 3.63) is 65.7 Å². The van der Waals surface area contributed by atoms with E-state index in [1.807, 2.05) is 54.6 Å². The van der Waals surface area contributed by atoms with Crippen molar-refractivity contribution < 1.29 is 14.6 Å². The van der Waals surface area contributed by atoms with Crippen molar-refractivity contribution in [1.82, 2.24) is 5.32 Å². The van der Waals surface area contributed by atoms with Crippen molar-refractivity contribution in [2.24, 2.45) is 0 Å². The lowest BCUT2D eigenvalue weighted by atomic mass is 10.1. The average Bonchev–Trinajstić information content (AvgIpc) is 2.56. The molecule has 0 saturated heterocycles. The number of aliphatic hydroxyl groups is 1. The number of rotatable bonds is 7. The Labute approximate surface area is 130 Å². The molecular weight excluding hydrogens is 278 g/mol. The second-order valence-corrected chi connectivity index (χ2v) is 5.09. The molecule has 2 aromatic carbocycles. The number of hydrogen-bond acceptors (Lipinski definition) is 3. The molecule has 0 aliphatic carbocycles. The molecule has 1 amide bonds. The van der Waals surface area contributed by atoms with Gasteiger partial charge in [0.1, 0.15) is 5.75 Å². The smallest absolute Gasteiger partial charge is 0.224 e. The largest absolute Gasteiger partial charge is 0.497 e. The van der Waals surface area contributed by atoms with E-state index in [-0.39, 0.29) is 5.91 Å². The van der Waals surface area contributed by atoms with Gasteiger partial charge in [0, 0.05) is 6.54 Å². The Morgan fingerprint density at radius 3 is 2.45 bits per heavy atom. The van der Waals surface area contributed by atoms with E-state index in [0.29, 0.717) is 19.4 Å². The van der Waals surface area contributed by atoms with Gasteiger partial charge in [0.15, 0.2) is 0 Å². The molecule has 0 fully saturated rings. The van der Waals surface area contributed by atoms with Crippen LogP contribution in [0.2, 0.25) is 0 Å². The molecule has 1 atom stereocenters. The van der Waals surface area contributed by atoms with Crippen molar-refractivity contribution in [3.8, 4) is 5.75 Å². The summed E-state index contributed by atoms with van der Waals surface area (Å²) in [5.74, 6) is 0.723. The molecule has 22 heavy (non-hydrogen) atoms. The number of ether oxygens (including phenoxy) is 1. The molecule has 0 radical (unpaired) electrons. The fourth-order valence-corrected chi connectivity index (χ4v) is 2.18. The van der Waals surface area contributed by atoms with Crippen molar-refractivity contribution in [3.63, 3.8) is 0 Å². The third kappa shape index (κ3) is 4.90. The summed E-state index contributed by atoms with van der Waals surface area (Å²) < 4.78 is 5.08. The highest BCUT2D eigenvalue weighted by Crippen LogP contribution is 2.15. The molecule has 0 heterocycles. The van der Waals surface area contributed by atoms with E-state index in [4.69, 9.17) is 4.74 Å². The highest BCUT2D eigenvalue weighted by Gasteiger charge is 2.08. The molecule has 116 valence electrons. The molecule has 0 aliphatic rings. The van der Waals surface area contributed by atoms with E-state index in [1.54, 1.807) is 7.11 Å². The normalized spacial score (nSPS) is 11.7. The van der Waals surface area contributed by atoms with Crippen LogP contribution < -0.4 is 10.1 Å². The first kappa shape index (κ1) is 16.0. The first-order chi connectivity index (χ1) is 10.7. The molecule has 0 spiro atoms. The third-order valence-electron chi connectivity index (χ3n) is 3.45. The number of carbonyl (C=O) groups excluding carboxylic acids is 1. The summed E-state index contributed by atoms with van der Waals surface area (Å²) >= 11 is 0. The zero-order chi connectivity index (χ0) is 15.8.